The highest BCUT2D eigenvalue weighted by atomic mass is 16.3. The SMILES string of the molecule is CCC(C)n1c(C)cc(=O)c(O)c1CN1CCCCC1. The number of nitrogens with zero attached hydrogens (tertiary/aromatic N) is 2. The molecule has 2 rings (SSSR count). The van der Waals surface area contributed by atoms with Crippen LogP contribution >= 0.6 is 0 Å². The van der Waals surface area contributed by atoms with Crippen molar-refractivity contribution in [2.45, 2.75) is 59.0 Å². The van der Waals surface area contributed by atoms with Crippen LogP contribution in [0.1, 0.15) is 57.0 Å². The average Bonchev–Trinajstić information content (AvgIpc) is 2.45. The molecule has 0 aromatic carbocycles. The normalized spacial score (nSPS) is 18.1. The van der Waals surface area contributed by atoms with Gasteiger partial charge in [0.2, 0.25) is 5.43 Å². The summed E-state index contributed by atoms with van der Waals surface area (Å²) in [6.45, 7) is 9.00. The summed E-state index contributed by atoms with van der Waals surface area (Å²) < 4.78 is 2.13. The first-order chi connectivity index (χ1) is 9.54. The molecule has 1 N–H and O–H groups in total. The molecule has 112 valence electrons. The lowest BCUT2D eigenvalue weighted by atomic mass is 10.1. The van der Waals surface area contributed by atoms with Crippen molar-refractivity contribution < 1.29 is 5.11 Å². The van der Waals surface area contributed by atoms with Crippen molar-refractivity contribution in [2.75, 3.05) is 13.1 Å². The van der Waals surface area contributed by atoms with Crippen LogP contribution in [0.3, 0.4) is 0 Å². The predicted octanol–water partition coefficient (Wildman–Crippen LogP) is 2.82. The Morgan fingerprint density at radius 1 is 1.30 bits per heavy atom. The average molecular weight is 278 g/mol. The van der Waals surface area contributed by atoms with E-state index in [1.165, 1.54) is 19.3 Å². The molecule has 1 saturated heterocycles. The number of aromatic nitrogens is 1. The lowest BCUT2D eigenvalue weighted by Gasteiger charge is -2.30. The lowest BCUT2D eigenvalue weighted by Crippen LogP contribution is -2.32. The standard InChI is InChI=1S/C16H26N2O2/c1-4-12(2)18-13(3)10-15(19)16(20)14(18)11-17-8-6-5-7-9-17/h10,12,20H,4-9,11H2,1-3H3. The van der Waals surface area contributed by atoms with Crippen LogP contribution in [0, 0.1) is 6.92 Å². The molecule has 1 aliphatic rings. The molecule has 0 bridgehead atoms. The number of pyridine rings is 1. The molecule has 0 amide bonds. The number of aryl methyl sites for hydroxylation is 1. The Bertz CT molecular complexity index is 516. The van der Waals surface area contributed by atoms with E-state index in [1.54, 1.807) is 6.07 Å². The number of likely N-dealkylation sites (tertiary alicyclic amines) is 1. The molecule has 1 atom stereocenters. The number of piperidine rings is 1. The van der Waals surface area contributed by atoms with Crippen LogP contribution in [0.15, 0.2) is 10.9 Å². The maximum Gasteiger partial charge on any atom is 0.223 e. The second-order valence-corrected chi connectivity index (χ2v) is 5.91. The van der Waals surface area contributed by atoms with Gasteiger partial charge in [0, 0.05) is 24.3 Å². The number of hydrogen-bond acceptors (Lipinski definition) is 3. The zero-order valence-electron chi connectivity index (χ0n) is 12.9. The van der Waals surface area contributed by atoms with E-state index in [-0.39, 0.29) is 11.2 Å². The molecule has 4 nitrogen and oxygen atoms in total. The van der Waals surface area contributed by atoms with Gasteiger partial charge in [-0.3, -0.25) is 9.69 Å². The van der Waals surface area contributed by atoms with Crippen molar-refractivity contribution in [3.05, 3.63) is 27.7 Å². The van der Waals surface area contributed by atoms with Crippen molar-refractivity contribution in [1.82, 2.24) is 9.47 Å². The summed E-state index contributed by atoms with van der Waals surface area (Å²) in [5, 5.41) is 10.2. The molecule has 1 fully saturated rings. The highest BCUT2D eigenvalue weighted by Gasteiger charge is 2.20. The van der Waals surface area contributed by atoms with Crippen molar-refractivity contribution in [3.8, 4) is 5.75 Å². The van der Waals surface area contributed by atoms with Crippen LogP contribution in [0.5, 0.6) is 5.75 Å². The summed E-state index contributed by atoms with van der Waals surface area (Å²) in [5.41, 5.74) is 1.47. The van der Waals surface area contributed by atoms with E-state index < -0.39 is 0 Å². The summed E-state index contributed by atoms with van der Waals surface area (Å²) in [6.07, 6.45) is 4.69. The van der Waals surface area contributed by atoms with Crippen molar-refractivity contribution in [3.63, 3.8) is 0 Å². The molecule has 0 spiro atoms. The monoisotopic (exact) mass is 278 g/mol. The van der Waals surface area contributed by atoms with Crippen LogP contribution < -0.4 is 5.43 Å². The minimum absolute atomic E-state index is 0.0681. The largest absolute Gasteiger partial charge is 0.503 e. The molecular weight excluding hydrogens is 252 g/mol. The van der Waals surface area contributed by atoms with Gasteiger partial charge in [-0.05, 0) is 46.2 Å². The topological polar surface area (TPSA) is 45.5 Å². The molecule has 0 aliphatic carbocycles. The van der Waals surface area contributed by atoms with Gasteiger partial charge in [0.25, 0.3) is 0 Å². The van der Waals surface area contributed by atoms with E-state index >= 15 is 0 Å². The molecule has 0 saturated carbocycles. The second kappa shape index (κ2) is 6.44. The molecule has 4 heteroatoms. The van der Waals surface area contributed by atoms with Crippen molar-refractivity contribution >= 4 is 0 Å². The third-order valence-corrected chi connectivity index (χ3v) is 4.37. The van der Waals surface area contributed by atoms with Gasteiger partial charge in [0.05, 0.1) is 5.69 Å². The first-order valence-electron chi connectivity index (χ1n) is 7.71. The fraction of sp³-hybridized carbons (Fsp3) is 0.688. The summed E-state index contributed by atoms with van der Waals surface area (Å²) in [5.74, 6) is -0.0681. The Morgan fingerprint density at radius 3 is 2.55 bits per heavy atom. The Hall–Kier alpha value is -1.29. The zero-order valence-corrected chi connectivity index (χ0v) is 12.9. The summed E-state index contributed by atoms with van der Waals surface area (Å²) >= 11 is 0. The number of rotatable bonds is 4. The van der Waals surface area contributed by atoms with E-state index in [1.807, 2.05) is 6.92 Å². The molecule has 2 heterocycles. The molecular formula is C16H26N2O2. The van der Waals surface area contributed by atoms with Gasteiger partial charge in [-0.1, -0.05) is 13.3 Å². The number of hydrogen-bond donors (Lipinski definition) is 1. The van der Waals surface area contributed by atoms with Crippen molar-refractivity contribution in [2.24, 2.45) is 0 Å². The van der Waals surface area contributed by atoms with Crippen molar-refractivity contribution in [1.29, 1.82) is 0 Å². The fourth-order valence-corrected chi connectivity index (χ4v) is 3.07. The van der Waals surface area contributed by atoms with Crippen LogP contribution in [0.2, 0.25) is 0 Å². The molecule has 1 aliphatic heterocycles. The summed E-state index contributed by atoms with van der Waals surface area (Å²) in [4.78, 5) is 14.2. The Labute approximate surface area is 121 Å². The van der Waals surface area contributed by atoms with Gasteiger partial charge in [-0.2, -0.15) is 0 Å². The third kappa shape index (κ3) is 3.06. The highest BCUT2D eigenvalue weighted by molar-refractivity contribution is 5.30. The Balaban J connectivity index is 2.39. The summed E-state index contributed by atoms with van der Waals surface area (Å²) in [6, 6.07) is 1.84. The Morgan fingerprint density at radius 2 is 1.95 bits per heavy atom. The van der Waals surface area contributed by atoms with E-state index in [0.29, 0.717) is 12.6 Å². The minimum atomic E-state index is -0.255. The summed E-state index contributed by atoms with van der Waals surface area (Å²) in [7, 11) is 0. The van der Waals surface area contributed by atoms with Gasteiger partial charge in [0.15, 0.2) is 5.75 Å². The minimum Gasteiger partial charge on any atom is -0.503 e. The Kier molecular flexibility index (Phi) is 4.86. The molecule has 1 unspecified atom stereocenters. The molecule has 1 aromatic rings. The molecule has 1 aromatic heterocycles. The third-order valence-electron chi connectivity index (χ3n) is 4.37. The maximum absolute atomic E-state index is 11.9. The fourth-order valence-electron chi connectivity index (χ4n) is 3.07. The lowest BCUT2D eigenvalue weighted by molar-refractivity contribution is 0.210. The van der Waals surface area contributed by atoms with Crippen LogP contribution in [0.4, 0.5) is 0 Å². The number of aromatic hydroxyl groups is 1. The quantitative estimate of drug-likeness (QED) is 0.921. The van der Waals surface area contributed by atoms with E-state index in [0.717, 1.165) is 30.9 Å². The molecule has 20 heavy (non-hydrogen) atoms. The van der Waals surface area contributed by atoms with Crippen LogP contribution in [-0.2, 0) is 6.54 Å². The zero-order chi connectivity index (χ0) is 14.7. The second-order valence-electron chi connectivity index (χ2n) is 5.91. The van der Waals surface area contributed by atoms with E-state index in [9.17, 15) is 9.90 Å². The van der Waals surface area contributed by atoms with E-state index in [4.69, 9.17) is 0 Å². The first-order valence-corrected chi connectivity index (χ1v) is 7.71. The molecule has 0 radical (unpaired) electrons. The van der Waals surface area contributed by atoms with Crippen LogP contribution in [-0.4, -0.2) is 27.7 Å². The van der Waals surface area contributed by atoms with Gasteiger partial charge in [-0.25, -0.2) is 0 Å². The van der Waals surface area contributed by atoms with Gasteiger partial charge < -0.3 is 9.67 Å². The van der Waals surface area contributed by atoms with Gasteiger partial charge >= 0.3 is 0 Å². The predicted molar refractivity (Wildman–Crippen MR) is 81.2 cm³/mol. The van der Waals surface area contributed by atoms with E-state index in [2.05, 4.69) is 23.3 Å². The highest BCUT2D eigenvalue weighted by Crippen LogP contribution is 2.24. The van der Waals surface area contributed by atoms with Gasteiger partial charge in [-0.15, -0.1) is 0 Å². The maximum atomic E-state index is 11.9. The first kappa shape index (κ1) is 15.1. The smallest absolute Gasteiger partial charge is 0.223 e. The van der Waals surface area contributed by atoms with Gasteiger partial charge in [0.1, 0.15) is 0 Å². The van der Waals surface area contributed by atoms with Crippen LogP contribution in [0.25, 0.3) is 0 Å².